The van der Waals surface area contributed by atoms with Crippen LogP contribution in [-0.4, -0.2) is 23.7 Å². The van der Waals surface area contributed by atoms with Gasteiger partial charge < -0.3 is 14.8 Å². The Labute approximate surface area is 222 Å². The zero-order chi connectivity index (χ0) is 24.2. The van der Waals surface area contributed by atoms with Crippen LogP contribution in [0.5, 0.6) is 5.75 Å². The van der Waals surface area contributed by atoms with E-state index in [0.29, 0.717) is 35.3 Å². The van der Waals surface area contributed by atoms with Crippen molar-refractivity contribution in [1.29, 1.82) is 0 Å². The van der Waals surface area contributed by atoms with Crippen LogP contribution in [0.1, 0.15) is 28.4 Å². The van der Waals surface area contributed by atoms with Crippen molar-refractivity contribution < 1.29 is 23.9 Å². The largest absolute Gasteiger partial charge is 0.421 e. The molecule has 1 aliphatic heterocycles. The fraction of sp³-hybridized carbons (Fsp3) is 0.0400. The summed E-state index contributed by atoms with van der Waals surface area (Å²) in [5, 5.41) is 2.68. The van der Waals surface area contributed by atoms with Gasteiger partial charge >= 0.3 is 11.9 Å². The van der Waals surface area contributed by atoms with Gasteiger partial charge in [0.15, 0.2) is 11.4 Å². The van der Waals surface area contributed by atoms with Gasteiger partial charge in [0.25, 0.3) is 0 Å². The fourth-order valence-electron chi connectivity index (χ4n) is 3.08. The second-order valence-electron chi connectivity index (χ2n) is 7.16. The van der Waals surface area contributed by atoms with Gasteiger partial charge in [-0.1, -0.05) is 18.2 Å². The van der Waals surface area contributed by atoms with Crippen LogP contribution in [0, 0.1) is 7.14 Å². The number of benzene rings is 3. The lowest BCUT2D eigenvalue weighted by atomic mass is 10.2. The molecule has 170 valence electrons. The van der Waals surface area contributed by atoms with E-state index in [0.717, 1.165) is 0 Å². The summed E-state index contributed by atoms with van der Waals surface area (Å²) in [5.74, 6) is -0.544. The van der Waals surface area contributed by atoms with Crippen molar-refractivity contribution >= 4 is 80.7 Å². The van der Waals surface area contributed by atoms with Gasteiger partial charge in [0, 0.05) is 18.2 Å². The molecule has 9 heteroatoms. The minimum atomic E-state index is -0.564. The molecule has 0 radical (unpaired) electrons. The Morgan fingerprint density at radius 2 is 1.65 bits per heavy atom. The van der Waals surface area contributed by atoms with Crippen molar-refractivity contribution in [2.24, 2.45) is 4.99 Å². The predicted molar refractivity (Wildman–Crippen MR) is 145 cm³/mol. The Bertz CT molecular complexity index is 1330. The molecule has 0 fully saturated rings. The number of nitrogens with one attached hydrogen (secondary N) is 1. The first-order chi connectivity index (χ1) is 16.3. The summed E-state index contributed by atoms with van der Waals surface area (Å²) in [7, 11) is 0. The van der Waals surface area contributed by atoms with Gasteiger partial charge in [0.1, 0.15) is 0 Å². The van der Waals surface area contributed by atoms with Crippen LogP contribution in [0.3, 0.4) is 0 Å². The standard InChI is InChI=1S/C25H16I2N2O5/c1-14(30)28-18-9-7-16(8-10-18)23-29-21(25(32)34-23)13-15-11-19(26)22(20(27)12-15)33-24(31)17-5-3-2-4-6-17/h2-13H,1H3,(H,28,30)/b21-13-. The van der Waals surface area contributed by atoms with Gasteiger partial charge in [-0.3, -0.25) is 4.79 Å². The zero-order valence-electron chi connectivity index (χ0n) is 17.7. The highest BCUT2D eigenvalue weighted by Crippen LogP contribution is 2.31. The Morgan fingerprint density at radius 3 is 2.26 bits per heavy atom. The summed E-state index contributed by atoms with van der Waals surface area (Å²) in [6, 6.07) is 19.2. The molecule has 1 amide bonds. The van der Waals surface area contributed by atoms with Crippen LogP contribution in [-0.2, 0) is 14.3 Å². The molecule has 0 saturated carbocycles. The van der Waals surface area contributed by atoms with Crippen molar-refractivity contribution in [3.8, 4) is 5.75 Å². The topological polar surface area (TPSA) is 94.1 Å². The quantitative estimate of drug-likeness (QED) is 0.169. The molecule has 0 unspecified atom stereocenters. The van der Waals surface area contributed by atoms with E-state index in [1.54, 1.807) is 66.7 Å². The van der Waals surface area contributed by atoms with Crippen LogP contribution < -0.4 is 10.1 Å². The number of carbonyl (C=O) groups is 3. The number of nitrogens with zero attached hydrogens (tertiary/aromatic N) is 1. The number of rotatable bonds is 5. The van der Waals surface area contributed by atoms with E-state index < -0.39 is 11.9 Å². The molecule has 34 heavy (non-hydrogen) atoms. The molecule has 0 atom stereocenters. The molecule has 4 rings (SSSR count). The van der Waals surface area contributed by atoms with Crippen LogP contribution in [0.15, 0.2) is 77.4 Å². The summed E-state index contributed by atoms with van der Waals surface area (Å²) in [6.07, 6.45) is 1.62. The van der Waals surface area contributed by atoms with Crippen molar-refractivity contribution in [3.63, 3.8) is 0 Å². The lowest BCUT2D eigenvalue weighted by Crippen LogP contribution is -2.10. The Balaban J connectivity index is 1.55. The number of carbonyl (C=O) groups excluding carboxylic acids is 3. The number of hydrogen-bond acceptors (Lipinski definition) is 6. The number of aliphatic imine (C=N–C) groups is 1. The summed E-state index contributed by atoms with van der Waals surface area (Å²) in [4.78, 5) is 40.3. The number of amides is 1. The summed E-state index contributed by atoms with van der Waals surface area (Å²) in [6.45, 7) is 1.43. The van der Waals surface area contributed by atoms with Crippen LogP contribution in [0.25, 0.3) is 6.08 Å². The molecule has 0 saturated heterocycles. The molecule has 1 aliphatic rings. The molecule has 0 aromatic heterocycles. The van der Waals surface area contributed by atoms with E-state index in [1.807, 2.05) is 6.07 Å². The van der Waals surface area contributed by atoms with Gasteiger partial charge in [-0.2, -0.15) is 0 Å². The number of esters is 2. The molecule has 3 aromatic carbocycles. The average molecular weight is 678 g/mol. The molecule has 1 heterocycles. The number of hydrogen-bond donors (Lipinski definition) is 1. The molecular formula is C25H16I2N2O5. The average Bonchev–Trinajstić information content (AvgIpc) is 3.17. The maximum Gasteiger partial charge on any atom is 0.363 e. The summed E-state index contributed by atoms with van der Waals surface area (Å²) < 4.78 is 12.3. The maximum absolute atomic E-state index is 12.4. The van der Waals surface area contributed by atoms with Crippen LogP contribution in [0.4, 0.5) is 5.69 Å². The molecule has 0 bridgehead atoms. The summed E-state index contributed by atoms with van der Waals surface area (Å²) >= 11 is 4.18. The highest BCUT2D eigenvalue weighted by atomic mass is 127. The molecule has 1 N–H and O–H groups in total. The zero-order valence-corrected chi connectivity index (χ0v) is 22.0. The van der Waals surface area contributed by atoms with Gasteiger partial charge in [-0.15, -0.1) is 0 Å². The lowest BCUT2D eigenvalue weighted by Gasteiger charge is -2.10. The van der Waals surface area contributed by atoms with E-state index >= 15 is 0 Å². The summed E-state index contributed by atoms with van der Waals surface area (Å²) in [5.41, 5.74) is 2.57. The van der Waals surface area contributed by atoms with Gasteiger partial charge in [0.2, 0.25) is 11.8 Å². The number of cyclic esters (lactones) is 1. The van der Waals surface area contributed by atoms with Crippen molar-refractivity contribution in [3.05, 3.63) is 96.3 Å². The van der Waals surface area contributed by atoms with Crippen LogP contribution >= 0.6 is 45.2 Å². The first kappa shape index (κ1) is 24.1. The second-order valence-corrected chi connectivity index (χ2v) is 9.49. The Kier molecular flexibility index (Phi) is 7.41. The van der Waals surface area contributed by atoms with E-state index in [4.69, 9.17) is 9.47 Å². The molecule has 7 nitrogen and oxygen atoms in total. The molecule has 0 aliphatic carbocycles. The normalized spacial score (nSPS) is 13.9. The lowest BCUT2D eigenvalue weighted by molar-refractivity contribution is -0.129. The van der Waals surface area contributed by atoms with Gasteiger partial charge in [-0.05, 0) is 105 Å². The minimum absolute atomic E-state index is 0.154. The monoisotopic (exact) mass is 678 g/mol. The molecule has 0 spiro atoms. The van der Waals surface area contributed by atoms with Crippen molar-refractivity contribution in [2.75, 3.05) is 5.32 Å². The highest BCUT2D eigenvalue weighted by molar-refractivity contribution is 14.1. The first-order valence-corrected chi connectivity index (χ1v) is 12.1. The number of halogens is 2. The Hall–Kier alpha value is -3.06. The molecular weight excluding hydrogens is 662 g/mol. The minimum Gasteiger partial charge on any atom is -0.421 e. The number of anilines is 1. The van der Waals surface area contributed by atoms with E-state index in [2.05, 4.69) is 55.5 Å². The Morgan fingerprint density at radius 1 is 1.00 bits per heavy atom. The first-order valence-electron chi connectivity index (χ1n) is 9.97. The SMILES string of the molecule is CC(=O)Nc1ccc(C2=N/C(=C\c3cc(I)c(OC(=O)c4ccccc4)c(I)c3)C(=O)O2)cc1. The molecule has 3 aromatic rings. The third kappa shape index (κ3) is 5.70. The smallest absolute Gasteiger partial charge is 0.363 e. The van der Waals surface area contributed by atoms with E-state index in [1.165, 1.54) is 6.92 Å². The van der Waals surface area contributed by atoms with Crippen molar-refractivity contribution in [2.45, 2.75) is 6.92 Å². The number of ether oxygens (including phenoxy) is 2. The third-order valence-electron chi connectivity index (χ3n) is 4.60. The third-order valence-corrected chi connectivity index (χ3v) is 6.20. The van der Waals surface area contributed by atoms with Crippen molar-refractivity contribution in [1.82, 2.24) is 0 Å². The van der Waals surface area contributed by atoms with E-state index in [9.17, 15) is 14.4 Å². The fourth-order valence-corrected chi connectivity index (χ4v) is 5.11. The van der Waals surface area contributed by atoms with Gasteiger partial charge in [-0.25, -0.2) is 14.6 Å². The van der Waals surface area contributed by atoms with Gasteiger partial charge in [0.05, 0.1) is 12.7 Å². The highest BCUT2D eigenvalue weighted by Gasteiger charge is 2.24. The second kappa shape index (κ2) is 10.5. The predicted octanol–water partition coefficient (Wildman–Crippen LogP) is 5.42. The van der Waals surface area contributed by atoms with E-state index in [-0.39, 0.29) is 17.5 Å². The maximum atomic E-state index is 12.4. The van der Waals surface area contributed by atoms with Crippen LogP contribution in [0.2, 0.25) is 0 Å².